The second-order valence-corrected chi connectivity index (χ2v) is 11.3. The minimum atomic E-state index is -0.549. The molecule has 0 aromatic heterocycles. The van der Waals surface area contributed by atoms with E-state index >= 15 is 0 Å². The zero-order valence-electron chi connectivity index (χ0n) is 26.3. The number of hydrogen-bond donors (Lipinski definition) is 0. The van der Waals surface area contributed by atoms with Crippen molar-refractivity contribution in [2.75, 3.05) is 20.8 Å². The van der Waals surface area contributed by atoms with Gasteiger partial charge < -0.3 is 23.7 Å². The predicted molar refractivity (Wildman–Crippen MR) is 163 cm³/mol. The van der Waals surface area contributed by atoms with Gasteiger partial charge in [-0.25, -0.2) is 0 Å². The molecule has 0 spiro atoms. The molecule has 6 heteroatoms. The number of allylic oxidation sites excluding steroid dienone is 1. The number of ether oxygens (including phenoxy) is 4. The van der Waals surface area contributed by atoms with E-state index in [0.29, 0.717) is 35.2 Å². The van der Waals surface area contributed by atoms with Crippen molar-refractivity contribution >= 4 is 12.8 Å². The fraction of sp³-hybridized carbons (Fsp3) is 0.588. The fourth-order valence-electron chi connectivity index (χ4n) is 5.19. The van der Waals surface area contributed by atoms with Crippen molar-refractivity contribution in [3.8, 4) is 11.5 Å². The van der Waals surface area contributed by atoms with Gasteiger partial charge in [-0.05, 0) is 86.5 Å². The van der Waals surface area contributed by atoms with Crippen molar-refractivity contribution in [3.63, 3.8) is 0 Å². The second-order valence-electron chi connectivity index (χ2n) is 11.3. The number of benzene rings is 1. The molecule has 6 nitrogen and oxygen atoms in total. The molecule has 2 fully saturated rings. The highest BCUT2D eigenvalue weighted by atomic mass is 16.5. The van der Waals surface area contributed by atoms with Gasteiger partial charge in [0.1, 0.15) is 30.2 Å². The summed E-state index contributed by atoms with van der Waals surface area (Å²) in [4.78, 5) is 20.9. The number of rotatable bonds is 14. The minimum absolute atomic E-state index is 0.142. The van der Waals surface area contributed by atoms with E-state index in [2.05, 4.69) is 27.4 Å². The Morgan fingerprint density at radius 2 is 1.88 bits per heavy atom. The van der Waals surface area contributed by atoms with Crippen LogP contribution in [0.25, 0.3) is 0 Å². The molecule has 0 amide bonds. The monoisotopic (exact) mass is 556 g/mol. The van der Waals surface area contributed by atoms with Crippen LogP contribution in [-0.4, -0.2) is 39.7 Å². The van der Waals surface area contributed by atoms with Crippen LogP contribution in [0.1, 0.15) is 79.7 Å². The highest BCUT2D eigenvalue weighted by Gasteiger charge is 2.56. The number of methoxy groups -OCH3 is 2. The lowest BCUT2D eigenvalue weighted by molar-refractivity contribution is -0.144. The van der Waals surface area contributed by atoms with Crippen LogP contribution >= 0.6 is 0 Å². The normalized spacial score (nSPS) is 21.3. The Bertz CT molecular complexity index is 1000. The zero-order chi connectivity index (χ0) is 30.3. The van der Waals surface area contributed by atoms with E-state index in [-0.39, 0.29) is 6.61 Å². The van der Waals surface area contributed by atoms with Gasteiger partial charge in [0, 0.05) is 12.0 Å². The molecule has 0 heterocycles. The number of aryl methyl sites for hydroxylation is 1. The molecule has 2 aliphatic rings. The van der Waals surface area contributed by atoms with Gasteiger partial charge in [-0.1, -0.05) is 58.9 Å². The Labute approximate surface area is 242 Å². The zero-order valence-corrected chi connectivity index (χ0v) is 26.3. The molecule has 0 saturated heterocycles. The Balaban J connectivity index is 0.000000597. The molecule has 3 rings (SSSR count). The third-order valence-corrected chi connectivity index (χ3v) is 7.56. The van der Waals surface area contributed by atoms with Gasteiger partial charge in [0.2, 0.25) is 0 Å². The van der Waals surface area contributed by atoms with Crippen molar-refractivity contribution < 1.29 is 28.5 Å². The summed E-state index contributed by atoms with van der Waals surface area (Å²) in [5.41, 5.74) is 3.62. The van der Waals surface area contributed by atoms with E-state index < -0.39 is 6.10 Å². The van der Waals surface area contributed by atoms with Gasteiger partial charge in [0.25, 0.3) is 6.47 Å². The molecule has 1 aromatic carbocycles. The van der Waals surface area contributed by atoms with E-state index in [4.69, 9.17) is 18.9 Å². The maximum Gasteiger partial charge on any atom is 0.293 e. The van der Waals surface area contributed by atoms with Crippen LogP contribution in [-0.2, 0) is 25.5 Å². The summed E-state index contributed by atoms with van der Waals surface area (Å²) in [7, 11) is 3.21. The average Bonchev–Trinajstić information content (AvgIpc) is 2.94. The summed E-state index contributed by atoms with van der Waals surface area (Å²) in [6.45, 7) is 19.2. The van der Waals surface area contributed by atoms with Crippen LogP contribution < -0.4 is 9.47 Å². The van der Waals surface area contributed by atoms with E-state index in [1.54, 1.807) is 14.2 Å². The fourth-order valence-corrected chi connectivity index (χ4v) is 5.19. The highest BCUT2D eigenvalue weighted by molar-refractivity contribution is 5.57. The summed E-state index contributed by atoms with van der Waals surface area (Å²) in [6, 6.07) is 5.83. The minimum Gasteiger partial charge on any atom is -0.497 e. The van der Waals surface area contributed by atoms with Gasteiger partial charge in [0.05, 0.1) is 14.2 Å². The summed E-state index contributed by atoms with van der Waals surface area (Å²) < 4.78 is 21.9. The quantitative estimate of drug-likeness (QED) is 0.132. The third-order valence-electron chi connectivity index (χ3n) is 7.56. The molecule has 1 aromatic rings. The highest BCUT2D eigenvalue weighted by Crippen LogP contribution is 2.63. The first kappa shape index (κ1) is 35.0. The van der Waals surface area contributed by atoms with E-state index in [1.807, 2.05) is 58.0 Å². The largest absolute Gasteiger partial charge is 0.497 e. The summed E-state index contributed by atoms with van der Waals surface area (Å²) >= 11 is 0. The van der Waals surface area contributed by atoms with Crippen LogP contribution in [0.4, 0.5) is 0 Å². The van der Waals surface area contributed by atoms with E-state index in [1.165, 1.54) is 19.3 Å². The van der Waals surface area contributed by atoms with Crippen molar-refractivity contribution in [1.82, 2.24) is 0 Å². The van der Waals surface area contributed by atoms with Gasteiger partial charge in [0.15, 0.2) is 6.10 Å². The molecule has 2 aliphatic carbocycles. The maximum atomic E-state index is 10.6. The third kappa shape index (κ3) is 10.5. The molecule has 4 atom stereocenters. The summed E-state index contributed by atoms with van der Waals surface area (Å²) in [5.74, 6) is 3.71. The predicted octanol–water partition coefficient (Wildman–Crippen LogP) is 7.90. The molecule has 224 valence electrons. The smallest absolute Gasteiger partial charge is 0.293 e. The standard InChI is InChI=1S/C24H34O5.C8H12O.C2H6/c1-17(2)8-9-21-10-11-22(14-24(21)27-7)29-23(19(5)26-6)13-20(12-18(3)4)15-28-16-25;1-8-3-2-7(8)6(4-8)5-9;1-2/h10-14,16-17,23H,5,8-9,15H2,1-4,6-7H3;5-7H,2-4H2,1H3;1-2H3/t;6-,7?,8?;/m.0./s1. The Morgan fingerprint density at radius 1 is 1.18 bits per heavy atom. The van der Waals surface area contributed by atoms with Crippen molar-refractivity contribution in [1.29, 1.82) is 0 Å². The number of hydrogen-bond acceptors (Lipinski definition) is 6. The van der Waals surface area contributed by atoms with Crippen LogP contribution in [0, 0.1) is 23.2 Å². The van der Waals surface area contributed by atoms with Crippen LogP contribution in [0.3, 0.4) is 0 Å². The Kier molecular flexibility index (Phi) is 15.4. The van der Waals surface area contributed by atoms with Gasteiger partial charge in [-0.2, -0.15) is 0 Å². The van der Waals surface area contributed by atoms with Gasteiger partial charge >= 0.3 is 0 Å². The molecule has 3 unspecified atom stereocenters. The molecule has 0 radical (unpaired) electrons. The first-order valence-electron chi connectivity index (χ1n) is 14.5. The Morgan fingerprint density at radius 3 is 2.30 bits per heavy atom. The molecule has 0 aliphatic heterocycles. The van der Waals surface area contributed by atoms with E-state index in [9.17, 15) is 9.59 Å². The number of fused-ring (bicyclic) bond motifs is 1. The lowest BCUT2D eigenvalue weighted by Crippen LogP contribution is -2.53. The van der Waals surface area contributed by atoms with Crippen molar-refractivity contribution in [2.24, 2.45) is 23.2 Å². The Hall–Kier alpha value is -3.02. The maximum absolute atomic E-state index is 10.6. The molecule has 2 saturated carbocycles. The van der Waals surface area contributed by atoms with Crippen LogP contribution in [0.5, 0.6) is 11.5 Å². The number of aldehydes is 1. The van der Waals surface area contributed by atoms with Crippen LogP contribution in [0.2, 0.25) is 0 Å². The SMILES string of the molecule is C=C(OC)C(C=C(C=C(C)C)COC=O)Oc1ccc(CCC(C)C)c(OC)c1.CC.CC12CCC1[C@H](C=O)C2. The molecule has 0 N–H and O–H groups in total. The van der Waals surface area contributed by atoms with Crippen molar-refractivity contribution in [3.05, 3.63) is 59.4 Å². The number of carbonyl (C=O) groups is 2. The topological polar surface area (TPSA) is 71.1 Å². The second kappa shape index (κ2) is 17.6. The van der Waals surface area contributed by atoms with Gasteiger partial charge in [-0.15, -0.1) is 0 Å². The molecule has 40 heavy (non-hydrogen) atoms. The molecular formula is C34H52O6. The van der Waals surface area contributed by atoms with E-state index in [0.717, 1.165) is 47.5 Å². The van der Waals surface area contributed by atoms with Gasteiger partial charge in [-0.3, -0.25) is 4.79 Å². The lowest BCUT2D eigenvalue weighted by Gasteiger charge is -2.60. The summed E-state index contributed by atoms with van der Waals surface area (Å²) in [5, 5.41) is 0. The first-order valence-corrected chi connectivity index (χ1v) is 14.5. The lowest BCUT2D eigenvalue weighted by atomic mass is 9.44. The van der Waals surface area contributed by atoms with Crippen LogP contribution in [0.15, 0.2) is 53.8 Å². The molecular weight excluding hydrogens is 504 g/mol. The number of carbonyl (C=O) groups excluding carboxylic acids is 2. The summed E-state index contributed by atoms with van der Waals surface area (Å²) in [6.07, 6.45) is 10.2. The molecule has 0 bridgehead atoms. The average molecular weight is 557 g/mol. The first-order chi connectivity index (χ1) is 19.1. The van der Waals surface area contributed by atoms with Crippen molar-refractivity contribution in [2.45, 2.75) is 86.7 Å².